The van der Waals surface area contributed by atoms with Gasteiger partial charge in [0.2, 0.25) is 0 Å². The predicted molar refractivity (Wildman–Crippen MR) is 112 cm³/mol. The Morgan fingerprint density at radius 1 is 1.17 bits per heavy atom. The largest absolute Gasteiger partial charge is 0.388 e. The number of halogens is 2. The van der Waals surface area contributed by atoms with Gasteiger partial charge in [-0.2, -0.15) is 0 Å². The first-order valence-electron chi connectivity index (χ1n) is 10.9. The minimum Gasteiger partial charge on any atom is -0.388 e. The highest BCUT2D eigenvalue weighted by Crippen LogP contribution is 2.28. The minimum atomic E-state index is -0.801. The number of aliphatic hydroxyl groups is 1. The van der Waals surface area contributed by atoms with E-state index in [1.54, 1.807) is 6.07 Å². The number of hydrogen-bond acceptors (Lipinski definition) is 3. The van der Waals surface area contributed by atoms with Crippen molar-refractivity contribution in [1.29, 1.82) is 0 Å². The van der Waals surface area contributed by atoms with Gasteiger partial charge in [-0.05, 0) is 50.3 Å². The van der Waals surface area contributed by atoms with Crippen molar-refractivity contribution in [3.63, 3.8) is 0 Å². The summed E-state index contributed by atoms with van der Waals surface area (Å²) in [5.74, 6) is -0.819. The Hall–Kier alpha value is -1.73. The van der Waals surface area contributed by atoms with Crippen LogP contribution in [-0.4, -0.2) is 53.8 Å². The molecule has 2 aliphatic rings. The van der Waals surface area contributed by atoms with Gasteiger partial charge in [-0.1, -0.05) is 25.3 Å². The molecule has 0 aromatic heterocycles. The average molecular weight is 409 g/mol. The number of likely N-dealkylation sites (tertiary alicyclic amines) is 1. The first kappa shape index (κ1) is 22.0. The van der Waals surface area contributed by atoms with Crippen LogP contribution in [0, 0.1) is 11.6 Å². The third-order valence-corrected chi connectivity index (χ3v) is 5.98. The first-order valence-corrected chi connectivity index (χ1v) is 10.9. The first-order chi connectivity index (χ1) is 14.0. The maximum atomic E-state index is 13.4. The third-order valence-electron chi connectivity index (χ3n) is 5.98. The zero-order valence-corrected chi connectivity index (χ0v) is 17.4. The average Bonchev–Trinajstić information content (AvgIpc) is 2.71. The van der Waals surface area contributed by atoms with E-state index in [1.807, 2.05) is 6.92 Å². The van der Waals surface area contributed by atoms with Gasteiger partial charge in [-0.3, -0.25) is 9.89 Å². The molecule has 2 fully saturated rings. The fourth-order valence-corrected chi connectivity index (χ4v) is 4.24. The Kier molecular flexibility index (Phi) is 7.84. The van der Waals surface area contributed by atoms with Crippen molar-refractivity contribution < 1.29 is 13.9 Å². The van der Waals surface area contributed by atoms with Gasteiger partial charge in [-0.25, -0.2) is 8.78 Å². The summed E-state index contributed by atoms with van der Waals surface area (Å²) in [5, 5.41) is 17.5. The van der Waals surface area contributed by atoms with E-state index < -0.39 is 17.2 Å². The normalized spacial score (nSPS) is 21.2. The maximum absolute atomic E-state index is 13.4. The molecule has 7 heteroatoms. The molecular weight excluding hydrogens is 374 g/mol. The van der Waals surface area contributed by atoms with E-state index in [-0.39, 0.29) is 0 Å². The molecule has 0 radical (unpaired) electrons. The lowest BCUT2D eigenvalue weighted by atomic mass is 9.85. The summed E-state index contributed by atoms with van der Waals surface area (Å²) >= 11 is 0. The molecule has 5 nitrogen and oxygen atoms in total. The zero-order chi connectivity index (χ0) is 20.7. The summed E-state index contributed by atoms with van der Waals surface area (Å²) in [6.07, 6.45) is 6.93. The fraction of sp³-hybridized carbons (Fsp3) is 0.682. The Bertz CT molecular complexity index is 683. The Morgan fingerprint density at radius 3 is 2.55 bits per heavy atom. The summed E-state index contributed by atoms with van der Waals surface area (Å²) in [6.45, 7) is 5.67. The lowest BCUT2D eigenvalue weighted by Gasteiger charge is -2.34. The van der Waals surface area contributed by atoms with Gasteiger partial charge in [0.1, 0.15) is 0 Å². The molecule has 1 aliphatic carbocycles. The highest BCUT2D eigenvalue weighted by Gasteiger charge is 2.29. The van der Waals surface area contributed by atoms with Gasteiger partial charge >= 0.3 is 0 Å². The van der Waals surface area contributed by atoms with Crippen LogP contribution in [-0.2, 0) is 6.54 Å². The molecule has 1 aliphatic heterocycles. The number of nitrogens with zero attached hydrogens (tertiary/aromatic N) is 2. The lowest BCUT2D eigenvalue weighted by molar-refractivity contribution is 0.0131. The topological polar surface area (TPSA) is 59.9 Å². The number of aliphatic imine (C=N–C) groups is 1. The van der Waals surface area contributed by atoms with Gasteiger partial charge in [0.25, 0.3) is 0 Å². The standard InChI is InChI=1S/C22H34F2N4O/c1-2-25-21(26-16-22(29)10-4-3-5-11-22)27-18-8-12-28(13-9-18)15-17-6-7-19(23)20(24)14-17/h6-7,14,18,29H,2-5,8-13,15-16H2,1H3,(H2,25,26,27). The number of benzene rings is 1. The molecule has 0 spiro atoms. The van der Waals surface area contributed by atoms with Crippen LogP contribution in [0.2, 0.25) is 0 Å². The predicted octanol–water partition coefficient (Wildman–Crippen LogP) is 3.18. The van der Waals surface area contributed by atoms with E-state index in [0.29, 0.717) is 19.1 Å². The number of hydrogen-bond donors (Lipinski definition) is 3. The van der Waals surface area contributed by atoms with Gasteiger partial charge in [0.15, 0.2) is 17.6 Å². The SMILES string of the molecule is CCNC(=NCC1(O)CCCCC1)NC1CCN(Cc2ccc(F)c(F)c2)CC1. The van der Waals surface area contributed by atoms with Crippen LogP contribution in [0.1, 0.15) is 57.4 Å². The molecule has 0 amide bonds. The molecular formula is C22H34F2N4O. The summed E-state index contributed by atoms with van der Waals surface area (Å²) in [5.41, 5.74) is 0.139. The number of rotatable bonds is 6. The highest BCUT2D eigenvalue weighted by atomic mass is 19.2. The molecule has 29 heavy (non-hydrogen) atoms. The third kappa shape index (κ3) is 6.64. The molecule has 3 N–H and O–H groups in total. The molecule has 1 aromatic carbocycles. The maximum Gasteiger partial charge on any atom is 0.191 e. The van der Waals surface area contributed by atoms with E-state index in [9.17, 15) is 13.9 Å². The van der Waals surface area contributed by atoms with Crippen LogP contribution in [0.15, 0.2) is 23.2 Å². The van der Waals surface area contributed by atoms with E-state index in [0.717, 1.165) is 69.7 Å². The van der Waals surface area contributed by atoms with E-state index in [2.05, 4.69) is 20.5 Å². The van der Waals surface area contributed by atoms with Crippen molar-refractivity contribution in [3.05, 3.63) is 35.4 Å². The van der Waals surface area contributed by atoms with Crippen molar-refractivity contribution in [2.75, 3.05) is 26.2 Å². The Balaban J connectivity index is 1.48. The second kappa shape index (κ2) is 10.3. The monoisotopic (exact) mass is 408 g/mol. The van der Waals surface area contributed by atoms with Crippen LogP contribution >= 0.6 is 0 Å². The number of nitrogens with one attached hydrogen (secondary N) is 2. The fourth-order valence-electron chi connectivity index (χ4n) is 4.24. The molecule has 1 heterocycles. The van der Waals surface area contributed by atoms with E-state index in [4.69, 9.17) is 0 Å². The molecule has 0 bridgehead atoms. The molecule has 1 saturated heterocycles. The zero-order valence-electron chi connectivity index (χ0n) is 17.4. The smallest absolute Gasteiger partial charge is 0.191 e. The van der Waals surface area contributed by atoms with Crippen molar-refractivity contribution in [2.24, 2.45) is 4.99 Å². The van der Waals surface area contributed by atoms with Crippen LogP contribution < -0.4 is 10.6 Å². The molecule has 0 unspecified atom stereocenters. The summed E-state index contributed by atoms with van der Waals surface area (Å²) in [6, 6.07) is 4.44. The van der Waals surface area contributed by atoms with Gasteiger partial charge in [-0.15, -0.1) is 0 Å². The quantitative estimate of drug-likeness (QED) is 0.500. The molecule has 1 aromatic rings. The van der Waals surface area contributed by atoms with Crippen molar-refractivity contribution in [1.82, 2.24) is 15.5 Å². The summed E-state index contributed by atoms with van der Waals surface area (Å²) in [7, 11) is 0. The highest BCUT2D eigenvalue weighted by molar-refractivity contribution is 5.80. The van der Waals surface area contributed by atoms with E-state index >= 15 is 0 Å². The van der Waals surface area contributed by atoms with Gasteiger partial charge in [0, 0.05) is 32.2 Å². The minimum absolute atomic E-state index is 0.315. The number of guanidine groups is 1. The molecule has 162 valence electrons. The molecule has 3 rings (SSSR count). The Labute approximate surface area is 172 Å². The van der Waals surface area contributed by atoms with Crippen molar-refractivity contribution >= 4 is 5.96 Å². The second-order valence-electron chi connectivity index (χ2n) is 8.42. The van der Waals surface area contributed by atoms with Crippen LogP contribution in [0.25, 0.3) is 0 Å². The Morgan fingerprint density at radius 2 is 1.90 bits per heavy atom. The summed E-state index contributed by atoms with van der Waals surface area (Å²) < 4.78 is 26.5. The lowest BCUT2D eigenvalue weighted by Crippen LogP contribution is -2.49. The molecule has 0 atom stereocenters. The van der Waals surface area contributed by atoms with Gasteiger partial charge in [0.05, 0.1) is 12.1 Å². The van der Waals surface area contributed by atoms with Crippen LogP contribution in [0.3, 0.4) is 0 Å². The van der Waals surface area contributed by atoms with Crippen molar-refractivity contribution in [3.8, 4) is 0 Å². The van der Waals surface area contributed by atoms with Crippen LogP contribution in [0.4, 0.5) is 8.78 Å². The summed E-state index contributed by atoms with van der Waals surface area (Å²) in [4.78, 5) is 6.92. The van der Waals surface area contributed by atoms with Crippen LogP contribution in [0.5, 0.6) is 0 Å². The number of piperidine rings is 1. The van der Waals surface area contributed by atoms with Gasteiger partial charge < -0.3 is 15.7 Å². The van der Waals surface area contributed by atoms with Crippen molar-refractivity contribution in [2.45, 2.75) is 70.1 Å². The molecule has 1 saturated carbocycles. The van der Waals surface area contributed by atoms with E-state index in [1.165, 1.54) is 18.6 Å². The second-order valence-corrected chi connectivity index (χ2v) is 8.42.